The van der Waals surface area contributed by atoms with Gasteiger partial charge in [-0.3, -0.25) is 4.79 Å². The molecule has 0 radical (unpaired) electrons. The SMILES string of the molecule is CCN(c1c(F)c(-c2ccc(N3CCN(C)CC3)nc2)cc2c(NCc3c(C)cc(C)[nH]c3=O)nccc12)C1CCOCC1. The van der Waals surface area contributed by atoms with Crippen LogP contribution in [-0.2, 0) is 11.3 Å². The largest absolute Gasteiger partial charge is 0.381 e. The van der Waals surface area contributed by atoms with E-state index in [1.165, 1.54) is 0 Å². The summed E-state index contributed by atoms with van der Waals surface area (Å²) in [6, 6.07) is 9.86. The zero-order chi connectivity index (χ0) is 30.8. The van der Waals surface area contributed by atoms with E-state index in [1.807, 2.05) is 44.2 Å². The summed E-state index contributed by atoms with van der Waals surface area (Å²) in [5, 5.41) is 4.99. The van der Waals surface area contributed by atoms with Gasteiger partial charge in [0, 0.05) is 104 Å². The van der Waals surface area contributed by atoms with Gasteiger partial charge in [0.1, 0.15) is 11.6 Å². The highest BCUT2D eigenvalue weighted by Gasteiger charge is 2.28. The lowest BCUT2D eigenvalue weighted by Crippen LogP contribution is -2.44. The maximum absolute atomic E-state index is 16.9. The number of aryl methyl sites for hydroxylation is 2. The lowest BCUT2D eigenvalue weighted by molar-refractivity contribution is 0.0845. The maximum Gasteiger partial charge on any atom is 0.253 e. The van der Waals surface area contributed by atoms with Crippen molar-refractivity contribution in [1.82, 2.24) is 19.9 Å². The van der Waals surface area contributed by atoms with Gasteiger partial charge in [0.05, 0.1) is 5.69 Å². The second-order valence-corrected chi connectivity index (χ2v) is 12.0. The van der Waals surface area contributed by atoms with Gasteiger partial charge in [-0.2, -0.15) is 0 Å². The monoisotopic (exact) mass is 599 g/mol. The van der Waals surface area contributed by atoms with E-state index in [9.17, 15) is 4.79 Å². The van der Waals surface area contributed by atoms with Gasteiger partial charge in [-0.05, 0) is 76.6 Å². The van der Waals surface area contributed by atoms with Crippen molar-refractivity contribution in [1.29, 1.82) is 0 Å². The van der Waals surface area contributed by atoms with Crippen LogP contribution in [0, 0.1) is 19.7 Å². The predicted octanol–water partition coefficient (Wildman–Crippen LogP) is 5.11. The molecule has 0 amide bonds. The summed E-state index contributed by atoms with van der Waals surface area (Å²) in [7, 11) is 2.13. The summed E-state index contributed by atoms with van der Waals surface area (Å²) >= 11 is 0. The molecule has 2 aliphatic rings. The maximum atomic E-state index is 16.9. The highest BCUT2D eigenvalue weighted by Crippen LogP contribution is 2.41. The second-order valence-electron chi connectivity index (χ2n) is 12.0. The molecule has 2 aliphatic heterocycles. The zero-order valence-electron chi connectivity index (χ0n) is 26.1. The molecule has 0 spiro atoms. The smallest absolute Gasteiger partial charge is 0.253 e. The molecule has 232 valence electrons. The molecule has 0 saturated carbocycles. The van der Waals surface area contributed by atoms with E-state index in [2.05, 4.69) is 44.0 Å². The Morgan fingerprint density at radius 1 is 1.07 bits per heavy atom. The molecule has 6 rings (SSSR count). The van der Waals surface area contributed by atoms with E-state index in [-0.39, 0.29) is 17.4 Å². The summed E-state index contributed by atoms with van der Waals surface area (Å²) in [5.74, 6) is 1.25. The minimum atomic E-state index is -0.261. The number of H-pyrrole nitrogens is 1. The predicted molar refractivity (Wildman–Crippen MR) is 175 cm³/mol. The van der Waals surface area contributed by atoms with Crippen LogP contribution in [-0.4, -0.2) is 78.9 Å². The van der Waals surface area contributed by atoms with Gasteiger partial charge in [-0.25, -0.2) is 14.4 Å². The molecule has 0 atom stereocenters. The van der Waals surface area contributed by atoms with Gasteiger partial charge in [0.25, 0.3) is 5.56 Å². The third kappa shape index (κ3) is 6.01. The van der Waals surface area contributed by atoms with Crippen molar-refractivity contribution in [3.05, 3.63) is 75.7 Å². The Kier molecular flexibility index (Phi) is 8.81. The molecule has 2 saturated heterocycles. The minimum absolute atomic E-state index is 0.120. The quantitative estimate of drug-likeness (QED) is 0.289. The molecule has 0 aliphatic carbocycles. The van der Waals surface area contributed by atoms with Gasteiger partial charge < -0.3 is 29.7 Å². The van der Waals surface area contributed by atoms with Crippen LogP contribution in [0.4, 0.5) is 21.7 Å². The molecule has 0 bridgehead atoms. The number of hydrogen-bond acceptors (Lipinski definition) is 8. The van der Waals surface area contributed by atoms with Crippen molar-refractivity contribution in [3.8, 4) is 11.1 Å². The van der Waals surface area contributed by atoms with Crippen molar-refractivity contribution >= 4 is 28.1 Å². The number of ether oxygens (including phenoxy) is 1. The Hall–Kier alpha value is -4.02. The van der Waals surface area contributed by atoms with Gasteiger partial charge in [0.15, 0.2) is 5.82 Å². The lowest BCUT2D eigenvalue weighted by Gasteiger charge is -2.36. The Morgan fingerprint density at radius 2 is 1.84 bits per heavy atom. The number of aromatic nitrogens is 3. The van der Waals surface area contributed by atoms with Crippen molar-refractivity contribution in [2.45, 2.75) is 46.2 Å². The van der Waals surface area contributed by atoms with Crippen molar-refractivity contribution in [2.75, 3.05) is 68.1 Å². The van der Waals surface area contributed by atoms with Crippen molar-refractivity contribution in [2.24, 2.45) is 0 Å². The summed E-state index contributed by atoms with van der Waals surface area (Å²) in [4.78, 5) is 31.9. The summed E-state index contributed by atoms with van der Waals surface area (Å²) in [6.07, 6.45) is 5.17. The van der Waals surface area contributed by atoms with Crippen LogP contribution in [0.1, 0.15) is 36.6 Å². The Bertz CT molecular complexity index is 1680. The van der Waals surface area contributed by atoms with Crippen LogP contribution in [0.5, 0.6) is 0 Å². The fourth-order valence-corrected chi connectivity index (χ4v) is 6.55. The standard InChI is InChI=1S/C34H42FN7O2/c1-5-42(25-9-16-44-17-10-25)32-26-8-11-36-33(38-21-29-22(2)18-23(3)39-34(29)43)28(26)19-27(31(32)35)24-6-7-30(37-20-24)41-14-12-40(4)13-15-41/h6-8,11,18-20,25H,5,9-10,12-17,21H2,1-4H3,(H,36,38)(H,39,43). The average Bonchev–Trinajstić information content (AvgIpc) is 3.03. The Labute approximate surface area is 258 Å². The summed E-state index contributed by atoms with van der Waals surface area (Å²) < 4.78 is 22.5. The first-order valence-corrected chi connectivity index (χ1v) is 15.6. The van der Waals surface area contributed by atoms with E-state index in [0.717, 1.165) is 66.9 Å². The summed E-state index contributed by atoms with van der Waals surface area (Å²) in [6.45, 7) is 12.0. The minimum Gasteiger partial charge on any atom is -0.381 e. The number of aromatic amines is 1. The number of pyridine rings is 3. The second kappa shape index (κ2) is 12.9. The molecule has 44 heavy (non-hydrogen) atoms. The first kappa shape index (κ1) is 30.0. The number of rotatable bonds is 8. The number of likely N-dealkylation sites (N-methyl/N-ethyl adjacent to an activating group) is 1. The van der Waals surface area contributed by atoms with E-state index < -0.39 is 0 Å². The van der Waals surface area contributed by atoms with Crippen LogP contribution in [0.3, 0.4) is 0 Å². The molecular formula is C34H42FN7O2. The molecule has 2 fully saturated rings. The molecular weight excluding hydrogens is 557 g/mol. The fourth-order valence-electron chi connectivity index (χ4n) is 6.55. The van der Waals surface area contributed by atoms with E-state index in [0.29, 0.717) is 54.5 Å². The third-order valence-corrected chi connectivity index (χ3v) is 9.05. The van der Waals surface area contributed by atoms with Crippen LogP contribution in [0.15, 0.2) is 47.5 Å². The summed E-state index contributed by atoms with van der Waals surface area (Å²) in [5.41, 5.74) is 4.04. The van der Waals surface area contributed by atoms with Crippen LogP contribution >= 0.6 is 0 Å². The number of nitrogens with one attached hydrogen (secondary N) is 2. The van der Waals surface area contributed by atoms with Crippen LogP contribution < -0.4 is 20.7 Å². The molecule has 10 heteroatoms. The van der Waals surface area contributed by atoms with E-state index >= 15 is 4.39 Å². The first-order chi connectivity index (χ1) is 21.3. The van der Waals surface area contributed by atoms with Gasteiger partial charge in [-0.1, -0.05) is 0 Å². The van der Waals surface area contributed by atoms with Crippen molar-refractivity contribution < 1.29 is 9.13 Å². The number of benzene rings is 1. The van der Waals surface area contributed by atoms with Gasteiger partial charge in [-0.15, -0.1) is 0 Å². The number of halogens is 1. The number of hydrogen-bond donors (Lipinski definition) is 2. The lowest BCUT2D eigenvalue weighted by atomic mass is 9.97. The van der Waals surface area contributed by atoms with E-state index in [4.69, 9.17) is 9.72 Å². The number of fused-ring (bicyclic) bond motifs is 1. The molecule has 2 N–H and O–H groups in total. The Morgan fingerprint density at radius 3 is 2.52 bits per heavy atom. The highest BCUT2D eigenvalue weighted by molar-refractivity contribution is 6.03. The van der Waals surface area contributed by atoms with Gasteiger partial charge >= 0.3 is 0 Å². The molecule has 9 nitrogen and oxygen atoms in total. The van der Waals surface area contributed by atoms with Crippen LogP contribution in [0.25, 0.3) is 21.9 Å². The van der Waals surface area contributed by atoms with Crippen molar-refractivity contribution in [3.63, 3.8) is 0 Å². The number of piperazine rings is 1. The zero-order valence-corrected chi connectivity index (χ0v) is 26.1. The molecule has 3 aromatic heterocycles. The number of nitrogens with zero attached hydrogens (tertiary/aromatic N) is 5. The fraction of sp³-hybridized carbons (Fsp3) is 0.441. The van der Waals surface area contributed by atoms with Crippen LogP contribution in [0.2, 0.25) is 0 Å². The van der Waals surface area contributed by atoms with E-state index in [1.54, 1.807) is 12.4 Å². The third-order valence-electron chi connectivity index (χ3n) is 9.05. The Balaban J connectivity index is 1.44. The normalized spacial score (nSPS) is 16.4. The molecule has 1 aromatic carbocycles. The average molecular weight is 600 g/mol. The first-order valence-electron chi connectivity index (χ1n) is 15.6. The van der Waals surface area contributed by atoms with Gasteiger partial charge in [0.2, 0.25) is 0 Å². The number of anilines is 3. The topological polar surface area (TPSA) is 89.6 Å². The molecule has 4 aromatic rings. The molecule has 5 heterocycles. The molecule has 0 unspecified atom stereocenters. The highest BCUT2D eigenvalue weighted by atomic mass is 19.1.